The summed E-state index contributed by atoms with van der Waals surface area (Å²) in [5, 5.41) is 18.5. The van der Waals surface area contributed by atoms with Gasteiger partial charge in [-0.3, -0.25) is 15.7 Å². The lowest BCUT2D eigenvalue weighted by Gasteiger charge is -2.18. The van der Waals surface area contributed by atoms with Crippen molar-refractivity contribution in [1.29, 1.82) is 10.8 Å². The predicted molar refractivity (Wildman–Crippen MR) is 70.7 cm³/mol. The Morgan fingerprint density at radius 3 is 2.53 bits per heavy atom. The third kappa shape index (κ3) is 3.80. The van der Waals surface area contributed by atoms with Crippen molar-refractivity contribution < 1.29 is 0 Å². The first kappa shape index (κ1) is 13.6. The standard InChI is InChI=1S/C10H13Cl2N5/c1-17(9(13)14)10(15)16-5-6-2-3-7(11)8(12)4-6/h2-4H,5H2,1H3,(H3,13,14)(H2,15,16). The van der Waals surface area contributed by atoms with E-state index in [4.69, 9.17) is 39.8 Å². The molecule has 0 aliphatic heterocycles. The second kappa shape index (κ2) is 5.75. The van der Waals surface area contributed by atoms with Crippen LogP contribution in [0, 0.1) is 10.8 Å². The number of nitrogens with two attached hydrogens (primary N) is 1. The van der Waals surface area contributed by atoms with Crippen LogP contribution in [0.1, 0.15) is 5.56 Å². The molecule has 5 nitrogen and oxygen atoms in total. The summed E-state index contributed by atoms with van der Waals surface area (Å²) in [5.41, 5.74) is 6.13. The predicted octanol–water partition coefficient (Wildman–Crippen LogP) is 1.84. The summed E-state index contributed by atoms with van der Waals surface area (Å²) in [5.74, 6) is -0.153. The topological polar surface area (TPSA) is 89.0 Å². The van der Waals surface area contributed by atoms with Gasteiger partial charge >= 0.3 is 0 Å². The maximum atomic E-state index is 7.61. The van der Waals surface area contributed by atoms with E-state index in [1.165, 1.54) is 11.9 Å². The average molecular weight is 274 g/mol. The molecular formula is C10H13Cl2N5. The van der Waals surface area contributed by atoms with Crippen LogP contribution >= 0.6 is 23.2 Å². The number of rotatable bonds is 2. The van der Waals surface area contributed by atoms with Crippen molar-refractivity contribution in [2.75, 3.05) is 7.05 Å². The molecule has 17 heavy (non-hydrogen) atoms. The van der Waals surface area contributed by atoms with Gasteiger partial charge in [0.25, 0.3) is 0 Å². The van der Waals surface area contributed by atoms with Crippen LogP contribution in [-0.4, -0.2) is 23.9 Å². The van der Waals surface area contributed by atoms with Gasteiger partial charge in [-0.2, -0.15) is 0 Å². The molecular weight excluding hydrogens is 261 g/mol. The minimum absolute atomic E-state index is 0.0450. The zero-order chi connectivity index (χ0) is 13.0. The van der Waals surface area contributed by atoms with E-state index in [2.05, 4.69) is 5.32 Å². The van der Waals surface area contributed by atoms with Gasteiger partial charge in [0.1, 0.15) is 0 Å². The Hall–Kier alpha value is -1.46. The van der Waals surface area contributed by atoms with E-state index in [1.54, 1.807) is 12.1 Å². The van der Waals surface area contributed by atoms with E-state index >= 15 is 0 Å². The molecule has 0 saturated carbocycles. The Bertz CT molecular complexity index is 446. The first-order chi connectivity index (χ1) is 7.91. The number of guanidine groups is 2. The van der Waals surface area contributed by atoms with Gasteiger partial charge in [0.2, 0.25) is 0 Å². The van der Waals surface area contributed by atoms with Gasteiger partial charge in [-0.25, -0.2) is 0 Å². The van der Waals surface area contributed by atoms with E-state index in [0.717, 1.165) is 5.56 Å². The quantitative estimate of drug-likeness (QED) is 0.490. The molecule has 1 rings (SSSR count). The molecule has 0 aromatic heterocycles. The zero-order valence-electron chi connectivity index (χ0n) is 9.22. The van der Waals surface area contributed by atoms with Gasteiger partial charge in [-0.1, -0.05) is 29.3 Å². The smallest absolute Gasteiger partial charge is 0.197 e. The van der Waals surface area contributed by atoms with Crippen molar-refractivity contribution in [2.24, 2.45) is 5.73 Å². The van der Waals surface area contributed by atoms with E-state index in [9.17, 15) is 0 Å². The molecule has 0 aliphatic rings. The summed E-state index contributed by atoms with van der Waals surface area (Å²) in [6.07, 6.45) is 0. The van der Waals surface area contributed by atoms with Crippen molar-refractivity contribution in [1.82, 2.24) is 10.2 Å². The van der Waals surface area contributed by atoms with Crippen LogP contribution in [0.4, 0.5) is 0 Å². The molecule has 0 bridgehead atoms. The van der Waals surface area contributed by atoms with Gasteiger partial charge < -0.3 is 11.1 Å². The first-order valence-corrected chi connectivity index (χ1v) is 5.51. The summed E-state index contributed by atoms with van der Waals surface area (Å²) in [7, 11) is 1.53. The summed E-state index contributed by atoms with van der Waals surface area (Å²) in [6.45, 7) is 0.410. The SMILES string of the molecule is CN(C(=N)N)C(=N)NCc1ccc(Cl)c(Cl)c1. The summed E-state index contributed by atoms with van der Waals surface area (Å²) in [6, 6.07) is 5.22. The zero-order valence-corrected chi connectivity index (χ0v) is 10.7. The molecule has 1 aromatic carbocycles. The number of benzene rings is 1. The number of nitrogens with zero attached hydrogens (tertiary/aromatic N) is 1. The molecule has 0 unspecified atom stereocenters. The second-order valence-corrected chi connectivity index (χ2v) is 4.21. The van der Waals surface area contributed by atoms with E-state index in [-0.39, 0.29) is 11.9 Å². The van der Waals surface area contributed by atoms with Gasteiger partial charge in [0, 0.05) is 13.6 Å². The fourth-order valence-electron chi connectivity index (χ4n) is 1.07. The van der Waals surface area contributed by atoms with Crippen LogP contribution in [-0.2, 0) is 6.54 Å². The number of hydrogen-bond acceptors (Lipinski definition) is 2. The normalized spacial score (nSPS) is 9.82. The highest BCUT2D eigenvalue weighted by Crippen LogP contribution is 2.22. The Labute approximate surface area is 110 Å². The average Bonchev–Trinajstić information content (AvgIpc) is 2.29. The lowest BCUT2D eigenvalue weighted by atomic mass is 10.2. The van der Waals surface area contributed by atoms with Gasteiger partial charge in [0.05, 0.1) is 10.0 Å². The molecule has 0 saturated heterocycles. The molecule has 1 aromatic rings. The Balaban J connectivity index is 2.59. The van der Waals surface area contributed by atoms with Gasteiger partial charge in [-0.15, -0.1) is 0 Å². The third-order valence-electron chi connectivity index (χ3n) is 2.14. The Kier molecular flexibility index (Phi) is 4.60. The largest absolute Gasteiger partial charge is 0.370 e. The van der Waals surface area contributed by atoms with Crippen LogP contribution < -0.4 is 11.1 Å². The van der Waals surface area contributed by atoms with Crippen LogP contribution in [0.3, 0.4) is 0 Å². The molecule has 0 spiro atoms. The fraction of sp³-hybridized carbons (Fsp3) is 0.200. The third-order valence-corrected chi connectivity index (χ3v) is 2.88. The van der Waals surface area contributed by atoms with E-state index in [0.29, 0.717) is 16.6 Å². The lowest BCUT2D eigenvalue weighted by molar-refractivity contribution is 0.669. The molecule has 0 radical (unpaired) electrons. The number of hydrogen-bond donors (Lipinski definition) is 4. The van der Waals surface area contributed by atoms with Crippen molar-refractivity contribution in [3.63, 3.8) is 0 Å². The van der Waals surface area contributed by atoms with Crippen molar-refractivity contribution >= 4 is 35.1 Å². The van der Waals surface area contributed by atoms with Crippen molar-refractivity contribution in [3.05, 3.63) is 33.8 Å². The molecule has 5 N–H and O–H groups in total. The molecule has 0 amide bonds. The highest BCUT2D eigenvalue weighted by atomic mass is 35.5. The van der Waals surface area contributed by atoms with Crippen LogP contribution in [0.15, 0.2) is 18.2 Å². The minimum atomic E-state index is -0.198. The van der Waals surface area contributed by atoms with Crippen molar-refractivity contribution in [2.45, 2.75) is 6.54 Å². The maximum absolute atomic E-state index is 7.61. The molecule has 92 valence electrons. The van der Waals surface area contributed by atoms with Crippen molar-refractivity contribution in [3.8, 4) is 0 Å². The molecule has 0 fully saturated rings. The molecule has 0 atom stereocenters. The Morgan fingerprint density at radius 2 is 2.00 bits per heavy atom. The highest BCUT2D eigenvalue weighted by molar-refractivity contribution is 6.42. The minimum Gasteiger partial charge on any atom is -0.370 e. The maximum Gasteiger partial charge on any atom is 0.197 e. The van der Waals surface area contributed by atoms with E-state index in [1.807, 2.05) is 6.07 Å². The van der Waals surface area contributed by atoms with Gasteiger partial charge in [-0.05, 0) is 17.7 Å². The summed E-state index contributed by atoms with van der Waals surface area (Å²) >= 11 is 11.7. The molecule has 0 heterocycles. The first-order valence-electron chi connectivity index (χ1n) is 4.76. The highest BCUT2D eigenvalue weighted by Gasteiger charge is 2.06. The lowest BCUT2D eigenvalue weighted by Crippen LogP contribution is -2.44. The second-order valence-electron chi connectivity index (χ2n) is 3.39. The number of halogens is 2. The molecule has 7 heteroatoms. The summed E-state index contributed by atoms with van der Waals surface area (Å²) in [4.78, 5) is 1.22. The summed E-state index contributed by atoms with van der Waals surface area (Å²) < 4.78 is 0. The number of nitrogens with one attached hydrogen (secondary N) is 3. The van der Waals surface area contributed by atoms with Crippen LogP contribution in [0.5, 0.6) is 0 Å². The van der Waals surface area contributed by atoms with E-state index < -0.39 is 0 Å². The molecule has 0 aliphatic carbocycles. The van der Waals surface area contributed by atoms with Crippen LogP contribution in [0.25, 0.3) is 0 Å². The van der Waals surface area contributed by atoms with Crippen LogP contribution in [0.2, 0.25) is 10.0 Å². The Morgan fingerprint density at radius 1 is 1.35 bits per heavy atom. The monoisotopic (exact) mass is 273 g/mol. The van der Waals surface area contributed by atoms with Gasteiger partial charge in [0.15, 0.2) is 11.9 Å². The fourth-order valence-corrected chi connectivity index (χ4v) is 1.40.